The Morgan fingerprint density at radius 3 is 2.33 bits per heavy atom. The van der Waals surface area contributed by atoms with Crippen LogP contribution in [0.2, 0.25) is 0 Å². The van der Waals surface area contributed by atoms with Gasteiger partial charge in [0.15, 0.2) is 0 Å². The molecule has 1 aliphatic rings. The molecule has 5 nitrogen and oxygen atoms in total. The molecule has 2 heterocycles. The Labute approximate surface area is 266 Å². The molecule has 2 N–H and O–H groups in total. The average Bonchev–Trinajstić information content (AvgIpc) is 3.05. The van der Waals surface area contributed by atoms with E-state index in [2.05, 4.69) is 105 Å². The number of aromatic nitrogens is 2. The highest BCUT2D eigenvalue weighted by atomic mass is 79.9. The van der Waals surface area contributed by atoms with Crippen molar-refractivity contribution in [2.75, 3.05) is 13.1 Å². The van der Waals surface area contributed by atoms with Crippen LogP contribution >= 0.6 is 17.0 Å². The van der Waals surface area contributed by atoms with E-state index in [9.17, 15) is 0 Å². The van der Waals surface area contributed by atoms with Crippen molar-refractivity contribution in [1.82, 2.24) is 25.5 Å². The number of aryl methyl sites for hydroxylation is 1. The van der Waals surface area contributed by atoms with Crippen LogP contribution in [0.5, 0.6) is 0 Å². The summed E-state index contributed by atoms with van der Waals surface area (Å²) in [4.78, 5) is 11.9. The Hall–Kier alpha value is -3.42. The van der Waals surface area contributed by atoms with Crippen molar-refractivity contribution in [3.8, 4) is 0 Å². The van der Waals surface area contributed by atoms with Crippen LogP contribution in [0.15, 0.2) is 109 Å². The molecule has 2 aromatic heterocycles. The number of fused-ring (bicyclic) bond motifs is 2. The van der Waals surface area contributed by atoms with Gasteiger partial charge in [-0.3, -0.25) is 14.9 Å². The average molecular weight is 637 g/mol. The third-order valence-electron chi connectivity index (χ3n) is 8.32. The van der Waals surface area contributed by atoms with Crippen LogP contribution in [-0.4, -0.2) is 28.0 Å². The molecular formula is C37H42BrN5. The second-order valence-corrected chi connectivity index (χ2v) is 11.4. The summed E-state index contributed by atoms with van der Waals surface area (Å²) in [6.45, 7) is 5.48. The Bertz CT molecular complexity index is 1560. The van der Waals surface area contributed by atoms with Crippen molar-refractivity contribution in [2.24, 2.45) is 0 Å². The molecular weight excluding hydrogens is 594 g/mol. The van der Waals surface area contributed by atoms with Crippen molar-refractivity contribution >= 4 is 27.8 Å². The highest BCUT2D eigenvalue weighted by Gasteiger charge is 2.27. The van der Waals surface area contributed by atoms with Crippen LogP contribution in [-0.2, 0) is 32.6 Å². The minimum atomic E-state index is 0. The van der Waals surface area contributed by atoms with Crippen LogP contribution in [0.1, 0.15) is 58.9 Å². The van der Waals surface area contributed by atoms with Gasteiger partial charge in [0, 0.05) is 45.1 Å². The van der Waals surface area contributed by atoms with Crippen molar-refractivity contribution in [1.29, 1.82) is 0 Å². The Morgan fingerprint density at radius 2 is 1.47 bits per heavy atom. The number of hydrogen-bond donors (Lipinski definition) is 2. The van der Waals surface area contributed by atoms with Gasteiger partial charge in [0.05, 0.1) is 17.4 Å². The van der Waals surface area contributed by atoms with Crippen LogP contribution < -0.4 is 10.6 Å². The molecule has 5 aromatic rings. The fourth-order valence-electron chi connectivity index (χ4n) is 6.11. The van der Waals surface area contributed by atoms with Gasteiger partial charge in [-0.25, -0.2) is 0 Å². The molecule has 0 saturated carbocycles. The minimum Gasteiger partial charge on any atom is -0.313 e. The molecule has 1 atom stereocenters. The fourth-order valence-corrected chi connectivity index (χ4v) is 6.11. The van der Waals surface area contributed by atoms with Crippen LogP contribution in [0, 0.1) is 0 Å². The molecule has 0 saturated heterocycles. The molecule has 6 rings (SSSR count). The van der Waals surface area contributed by atoms with E-state index >= 15 is 0 Å². The molecule has 1 unspecified atom stereocenters. The number of rotatable bonds is 13. The van der Waals surface area contributed by atoms with Gasteiger partial charge in [-0.2, -0.15) is 0 Å². The van der Waals surface area contributed by atoms with Gasteiger partial charge >= 0.3 is 0 Å². The number of halogens is 1. The van der Waals surface area contributed by atoms with Crippen molar-refractivity contribution < 1.29 is 0 Å². The summed E-state index contributed by atoms with van der Waals surface area (Å²) >= 11 is 0. The zero-order chi connectivity index (χ0) is 28.4. The topological polar surface area (TPSA) is 53.1 Å². The highest BCUT2D eigenvalue weighted by molar-refractivity contribution is 8.93. The highest BCUT2D eigenvalue weighted by Crippen LogP contribution is 2.33. The number of benzene rings is 3. The molecule has 0 spiro atoms. The van der Waals surface area contributed by atoms with E-state index in [1.165, 1.54) is 51.6 Å². The predicted molar refractivity (Wildman–Crippen MR) is 182 cm³/mol. The molecule has 6 heteroatoms. The van der Waals surface area contributed by atoms with Gasteiger partial charge in [0.1, 0.15) is 0 Å². The fraction of sp³-hybridized carbons (Fsp3) is 0.297. The molecule has 3 aromatic carbocycles. The summed E-state index contributed by atoms with van der Waals surface area (Å²) in [6.07, 6.45) is 8.44. The molecule has 0 bridgehead atoms. The number of nitrogens with one attached hydrogen (secondary N) is 2. The van der Waals surface area contributed by atoms with E-state index in [0.717, 1.165) is 57.8 Å². The van der Waals surface area contributed by atoms with Gasteiger partial charge in [-0.1, -0.05) is 72.8 Å². The first-order valence-corrected chi connectivity index (χ1v) is 15.4. The Kier molecular flexibility index (Phi) is 11.5. The molecule has 0 radical (unpaired) electrons. The lowest BCUT2D eigenvalue weighted by Gasteiger charge is -2.35. The van der Waals surface area contributed by atoms with E-state index in [-0.39, 0.29) is 17.0 Å². The van der Waals surface area contributed by atoms with Crippen molar-refractivity contribution in [3.63, 3.8) is 0 Å². The summed E-state index contributed by atoms with van der Waals surface area (Å²) in [6, 6.07) is 35.2. The van der Waals surface area contributed by atoms with Gasteiger partial charge in [0.25, 0.3) is 0 Å². The SMILES string of the molecule is Br.c1ccc(CNCc2ccc(CN(CCCNCc3ccc4ccccc4c3)C3CCCc4cccnc43)cc2)nc1. The Balaban J connectivity index is 0.00000368. The molecule has 43 heavy (non-hydrogen) atoms. The van der Waals surface area contributed by atoms with E-state index in [1.54, 1.807) is 0 Å². The Morgan fingerprint density at radius 1 is 0.698 bits per heavy atom. The number of nitrogens with zero attached hydrogens (tertiary/aromatic N) is 3. The van der Waals surface area contributed by atoms with Gasteiger partial charge in [0.2, 0.25) is 0 Å². The van der Waals surface area contributed by atoms with E-state index in [4.69, 9.17) is 4.98 Å². The van der Waals surface area contributed by atoms with E-state index in [0.29, 0.717) is 6.04 Å². The summed E-state index contributed by atoms with van der Waals surface area (Å²) in [7, 11) is 0. The maximum atomic E-state index is 4.87. The largest absolute Gasteiger partial charge is 0.313 e. The first kappa shape index (κ1) is 31.0. The lowest BCUT2D eigenvalue weighted by molar-refractivity contribution is 0.163. The third-order valence-corrected chi connectivity index (χ3v) is 8.32. The van der Waals surface area contributed by atoms with Crippen LogP contribution in [0.3, 0.4) is 0 Å². The first-order valence-electron chi connectivity index (χ1n) is 15.4. The molecule has 222 valence electrons. The van der Waals surface area contributed by atoms with Crippen molar-refractivity contribution in [2.45, 2.75) is 57.9 Å². The molecule has 0 amide bonds. The summed E-state index contributed by atoms with van der Waals surface area (Å²) in [5.74, 6) is 0. The van der Waals surface area contributed by atoms with E-state index in [1.807, 2.05) is 24.5 Å². The summed E-state index contributed by atoms with van der Waals surface area (Å²) in [5.41, 5.74) is 7.76. The van der Waals surface area contributed by atoms with Crippen LogP contribution in [0.4, 0.5) is 0 Å². The lowest BCUT2D eigenvalue weighted by Crippen LogP contribution is -2.34. The predicted octanol–water partition coefficient (Wildman–Crippen LogP) is 7.56. The normalized spacial score (nSPS) is 14.4. The number of hydrogen-bond acceptors (Lipinski definition) is 5. The summed E-state index contributed by atoms with van der Waals surface area (Å²) < 4.78 is 0. The monoisotopic (exact) mass is 635 g/mol. The smallest absolute Gasteiger partial charge is 0.0607 e. The van der Waals surface area contributed by atoms with Gasteiger partial charge in [-0.05, 0) is 89.5 Å². The molecule has 0 fully saturated rings. The van der Waals surface area contributed by atoms with E-state index < -0.39 is 0 Å². The van der Waals surface area contributed by atoms with Crippen LogP contribution in [0.25, 0.3) is 10.8 Å². The quantitative estimate of drug-likeness (QED) is 0.131. The summed E-state index contributed by atoms with van der Waals surface area (Å²) in [5, 5.41) is 9.81. The standard InChI is InChI=1S/C37H41N5.BrH/c1-2-9-34-24-31(18-19-32(34)8-1)26-38-20-7-23-42(36-13-5-10-33-11-6-22-41-37(33)36)28-30-16-14-29(15-17-30)25-39-27-35-12-3-4-21-40-35;/h1-4,6,8-9,11-12,14-19,21-22,24,36,38-39H,5,7,10,13,20,23,25-28H2;1H. The zero-order valence-corrected chi connectivity index (χ0v) is 26.5. The molecule has 0 aliphatic heterocycles. The number of pyridine rings is 2. The second kappa shape index (κ2) is 15.9. The maximum Gasteiger partial charge on any atom is 0.0607 e. The lowest BCUT2D eigenvalue weighted by atomic mass is 9.90. The molecule has 1 aliphatic carbocycles. The minimum absolute atomic E-state index is 0. The maximum absolute atomic E-state index is 4.87. The zero-order valence-electron chi connectivity index (χ0n) is 24.8. The second-order valence-electron chi connectivity index (χ2n) is 11.4. The third kappa shape index (κ3) is 8.58. The van der Waals surface area contributed by atoms with Gasteiger partial charge in [-0.15, -0.1) is 17.0 Å². The first-order chi connectivity index (χ1) is 20.8. The van der Waals surface area contributed by atoms with Crippen molar-refractivity contribution in [3.05, 3.63) is 143 Å². The van der Waals surface area contributed by atoms with Gasteiger partial charge < -0.3 is 10.6 Å².